The fraction of sp³-hybridized carbons (Fsp3) is 0.250. The molecule has 2 heterocycles. The number of hydrogen-bond donors (Lipinski definition) is 2. The number of amides is 2. The van der Waals surface area contributed by atoms with E-state index in [1.165, 1.54) is 16.7 Å². The van der Waals surface area contributed by atoms with Gasteiger partial charge in [-0.05, 0) is 66.3 Å². The number of hydrogen-bond acceptors (Lipinski definition) is 4. The summed E-state index contributed by atoms with van der Waals surface area (Å²) >= 11 is 0. The highest BCUT2D eigenvalue weighted by Crippen LogP contribution is 2.35. The normalized spacial score (nSPS) is 20.1. The molecule has 0 saturated heterocycles. The molecule has 0 aromatic heterocycles. The van der Waals surface area contributed by atoms with E-state index in [0.29, 0.717) is 17.0 Å². The van der Waals surface area contributed by atoms with Gasteiger partial charge in [0.25, 0.3) is 0 Å². The van der Waals surface area contributed by atoms with Crippen molar-refractivity contribution in [1.82, 2.24) is 4.90 Å². The van der Waals surface area contributed by atoms with Crippen molar-refractivity contribution in [3.8, 4) is 0 Å². The summed E-state index contributed by atoms with van der Waals surface area (Å²) in [5.41, 5.74) is 12.9. The van der Waals surface area contributed by atoms with Crippen molar-refractivity contribution in [1.29, 1.82) is 0 Å². The van der Waals surface area contributed by atoms with Crippen LogP contribution in [0.4, 0.5) is 11.4 Å². The Hall–Kier alpha value is -3.77. The van der Waals surface area contributed by atoms with Gasteiger partial charge in [0.1, 0.15) is 5.92 Å². The van der Waals surface area contributed by atoms with Crippen molar-refractivity contribution >= 4 is 28.9 Å². The number of nitrogens with zero attached hydrogens (tertiary/aromatic N) is 2. The zero-order valence-corrected chi connectivity index (χ0v) is 19.3. The predicted molar refractivity (Wildman–Crippen MR) is 135 cm³/mol. The van der Waals surface area contributed by atoms with Gasteiger partial charge in [0.05, 0.1) is 5.69 Å². The fourth-order valence-electron chi connectivity index (χ4n) is 4.86. The molecular weight excluding hydrogens is 424 g/mol. The number of rotatable bonds is 5. The number of carbonyl (C=O) groups excluding carboxylic acids is 2. The van der Waals surface area contributed by atoms with Crippen LogP contribution < -0.4 is 11.1 Å². The Kier molecular flexibility index (Phi) is 5.99. The lowest BCUT2D eigenvalue weighted by atomic mass is 9.95. The van der Waals surface area contributed by atoms with Crippen LogP contribution >= 0.6 is 0 Å². The summed E-state index contributed by atoms with van der Waals surface area (Å²) in [5, 5.41) is 2.84. The second-order valence-corrected chi connectivity index (χ2v) is 9.05. The highest BCUT2D eigenvalue weighted by Gasteiger charge is 2.33. The van der Waals surface area contributed by atoms with E-state index in [1.807, 2.05) is 19.1 Å². The molecule has 6 nitrogen and oxygen atoms in total. The third-order valence-electron chi connectivity index (χ3n) is 6.71. The van der Waals surface area contributed by atoms with Crippen LogP contribution in [0.5, 0.6) is 0 Å². The summed E-state index contributed by atoms with van der Waals surface area (Å²) < 4.78 is 0. The molecule has 1 unspecified atom stereocenters. The standard InChI is InChI=1S/C28H28N4O2/c1-18(26-24-11-8-22(27(29)33)16-25(24)31-28(26)34)30-23-9-6-19(7-10-23)17-32-14-12-20-4-2-3-5-21(20)13-15-32/h2-4,6-11,13,16,26H,5,12,14-15,17H2,1H3,(H2,29,33)(H,31,34). The summed E-state index contributed by atoms with van der Waals surface area (Å²) in [6.45, 7) is 4.77. The number of nitrogens with two attached hydrogens (primary N) is 1. The molecule has 0 saturated carbocycles. The minimum Gasteiger partial charge on any atom is -0.366 e. The number of benzene rings is 2. The summed E-state index contributed by atoms with van der Waals surface area (Å²) in [6, 6.07) is 13.3. The Morgan fingerprint density at radius 3 is 2.79 bits per heavy atom. The summed E-state index contributed by atoms with van der Waals surface area (Å²) in [5.74, 6) is -1.14. The number of aliphatic imine (C=N–C) groups is 1. The van der Waals surface area contributed by atoms with Crippen molar-refractivity contribution in [2.24, 2.45) is 10.7 Å². The molecule has 0 radical (unpaired) electrons. The van der Waals surface area contributed by atoms with Gasteiger partial charge in [-0.15, -0.1) is 0 Å². The van der Waals surface area contributed by atoms with Crippen LogP contribution in [0.3, 0.4) is 0 Å². The third-order valence-corrected chi connectivity index (χ3v) is 6.71. The molecule has 172 valence electrons. The number of primary amides is 1. The van der Waals surface area contributed by atoms with Gasteiger partial charge in [-0.3, -0.25) is 19.5 Å². The van der Waals surface area contributed by atoms with Crippen LogP contribution in [0.1, 0.15) is 47.2 Å². The number of carbonyl (C=O) groups is 2. The molecular formula is C28H28N4O2. The first-order valence-electron chi connectivity index (χ1n) is 11.6. The average Bonchev–Trinajstić information content (AvgIpc) is 3.03. The Morgan fingerprint density at radius 1 is 1.18 bits per heavy atom. The number of allylic oxidation sites excluding steroid dienone is 4. The molecule has 6 heteroatoms. The molecule has 1 aliphatic carbocycles. The van der Waals surface area contributed by atoms with Crippen molar-refractivity contribution in [2.45, 2.75) is 32.2 Å². The van der Waals surface area contributed by atoms with E-state index < -0.39 is 11.8 Å². The molecule has 1 atom stereocenters. The van der Waals surface area contributed by atoms with Crippen LogP contribution in [0, 0.1) is 0 Å². The predicted octanol–water partition coefficient (Wildman–Crippen LogP) is 4.63. The van der Waals surface area contributed by atoms with E-state index in [1.54, 1.807) is 18.2 Å². The number of anilines is 1. The van der Waals surface area contributed by atoms with Crippen molar-refractivity contribution in [2.75, 3.05) is 18.4 Å². The molecule has 2 amide bonds. The maximum Gasteiger partial charge on any atom is 0.248 e. The van der Waals surface area contributed by atoms with E-state index >= 15 is 0 Å². The maximum absolute atomic E-state index is 12.6. The lowest BCUT2D eigenvalue weighted by molar-refractivity contribution is -0.115. The summed E-state index contributed by atoms with van der Waals surface area (Å²) in [7, 11) is 0. The third kappa shape index (κ3) is 4.50. The largest absolute Gasteiger partial charge is 0.366 e. The smallest absolute Gasteiger partial charge is 0.248 e. The number of nitrogens with one attached hydrogen (secondary N) is 1. The van der Waals surface area contributed by atoms with Crippen LogP contribution in [-0.2, 0) is 11.3 Å². The first-order valence-corrected chi connectivity index (χ1v) is 11.6. The molecule has 2 aromatic carbocycles. The van der Waals surface area contributed by atoms with Gasteiger partial charge in [-0.25, -0.2) is 0 Å². The van der Waals surface area contributed by atoms with E-state index in [2.05, 4.69) is 46.7 Å². The van der Waals surface area contributed by atoms with Crippen LogP contribution in [0.2, 0.25) is 0 Å². The SMILES string of the molecule is CC(=Nc1ccc(CN2CC=C3CC=CC=C3CC2)cc1)C1C(=O)Nc2cc(C(N)=O)ccc21. The van der Waals surface area contributed by atoms with Gasteiger partial charge in [0.2, 0.25) is 11.8 Å². The van der Waals surface area contributed by atoms with E-state index in [0.717, 1.165) is 43.7 Å². The fourth-order valence-corrected chi connectivity index (χ4v) is 4.86. The second-order valence-electron chi connectivity index (χ2n) is 9.05. The zero-order chi connectivity index (χ0) is 23.7. The summed E-state index contributed by atoms with van der Waals surface area (Å²) in [6.07, 6.45) is 11.1. The molecule has 0 fully saturated rings. The van der Waals surface area contributed by atoms with Gasteiger partial charge in [0.15, 0.2) is 0 Å². The second kappa shape index (κ2) is 9.23. The topological polar surface area (TPSA) is 87.8 Å². The molecule has 2 aliphatic heterocycles. The van der Waals surface area contributed by atoms with Crippen molar-refractivity contribution in [3.63, 3.8) is 0 Å². The maximum atomic E-state index is 12.6. The van der Waals surface area contributed by atoms with Crippen LogP contribution in [0.25, 0.3) is 0 Å². The Bertz CT molecular complexity index is 1270. The lowest BCUT2D eigenvalue weighted by Gasteiger charge is -2.19. The Balaban J connectivity index is 1.27. The average molecular weight is 453 g/mol. The minimum absolute atomic E-state index is 0.143. The van der Waals surface area contributed by atoms with E-state index in [9.17, 15) is 9.59 Å². The first kappa shape index (κ1) is 22.0. The molecule has 34 heavy (non-hydrogen) atoms. The van der Waals surface area contributed by atoms with Gasteiger partial charge < -0.3 is 11.1 Å². The van der Waals surface area contributed by atoms with Crippen LogP contribution in [-0.4, -0.2) is 35.5 Å². The molecule has 2 aromatic rings. The highest BCUT2D eigenvalue weighted by atomic mass is 16.2. The molecule has 5 rings (SSSR count). The van der Waals surface area contributed by atoms with Gasteiger partial charge in [-0.2, -0.15) is 0 Å². The molecule has 0 spiro atoms. The number of fused-ring (bicyclic) bond motifs is 2. The van der Waals surface area contributed by atoms with E-state index in [4.69, 9.17) is 10.7 Å². The van der Waals surface area contributed by atoms with Crippen LogP contribution in [0.15, 0.2) is 82.9 Å². The summed E-state index contributed by atoms with van der Waals surface area (Å²) in [4.78, 5) is 31.3. The van der Waals surface area contributed by atoms with Gasteiger partial charge in [0, 0.05) is 36.6 Å². The minimum atomic E-state index is -0.518. The monoisotopic (exact) mass is 452 g/mol. The first-order chi connectivity index (χ1) is 16.5. The van der Waals surface area contributed by atoms with Gasteiger partial charge >= 0.3 is 0 Å². The molecule has 3 N–H and O–H groups in total. The van der Waals surface area contributed by atoms with Gasteiger partial charge in [-0.1, -0.05) is 42.5 Å². The van der Waals surface area contributed by atoms with Crippen molar-refractivity contribution in [3.05, 3.63) is 94.6 Å². The Morgan fingerprint density at radius 2 is 2.00 bits per heavy atom. The lowest BCUT2D eigenvalue weighted by Crippen LogP contribution is -2.23. The Labute approximate surface area is 199 Å². The highest BCUT2D eigenvalue weighted by molar-refractivity contribution is 6.18. The quantitative estimate of drug-likeness (QED) is 0.648. The molecule has 0 bridgehead atoms. The molecule has 3 aliphatic rings. The van der Waals surface area contributed by atoms with Crippen molar-refractivity contribution < 1.29 is 9.59 Å². The zero-order valence-electron chi connectivity index (χ0n) is 19.3. The van der Waals surface area contributed by atoms with E-state index in [-0.39, 0.29) is 5.91 Å².